The number of pyridine rings is 1. The summed E-state index contributed by atoms with van der Waals surface area (Å²) in [5.41, 5.74) is 1.66. The monoisotopic (exact) mass is 352 g/mol. The van der Waals surface area contributed by atoms with Gasteiger partial charge in [-0.1, -0.05) is 11.4 Å². The Hall–Kier alpha value is -1.06. The maximum atomic E-state index is 3.93. The summed E-state index contributed by atoms with van der Waals surface area (Å²) >= 11 is 0. The van der Waals surface area contributed by atoms with E-state index in [1.54, 1.807) is 10.9 Å². The van der Waals surface area contributed by atoms with Crippen LogP contribution in [0.3, 0.4) is 0 Å². The predicted octanol–water partition coefficient (Wildman–Crippen LogP) is 0.675. The molecule has 0 aromatic carbocycles. The van der Waals surface area contributed by atoms with E-state index in [0.29, 0.717) is 0 Å². The minimum Gasteiger partial charge on any atom is -0.360 e. The van der Waals surface area contributed by atoms with Gasteiger partial charge < -0.3 is 4.98 Å². The molecule has 2 aromatic heterocycles. The molecule has 0 unspecified atom stereocenters. The van der Waals surface area contributed by atoms with Gasteiger partial charge in [0.05, 0.1) is 0 Å². The van der Waals surface area contributed by atoms with Crippen molar-refractivity contribution in [1.82, 2.24) is 20.0 Å². The zero-order chi connectivity index (χ0) is 8.39. The van der Waals surface area contributed by atoms with Crippen LogP contribution >= 0.6 is 0 Å². The van der Waals surface area contributed by atoms with E-state index in [1.807, 2.05) is 25.4 Å². The minimum atomic E-state index is 0. The molecule has 13 heavy (non-hydrogen) atoms. The fourth-order valence-electron chi connectivity index (χ4n) is 0.940. The number of hydrogen-bond acceptors (Lipinski definition) is 3. The summed E-state index contributed by atoms with van der Waals surface area (Å²) in [6, 6.07) is 3.75. The van der Waals surface area contributed by atoms with Crippen molar-refractivity contribution < 1.29 is 20.1 Å². The molecule has 2 aromatic rings. The average Bonchev–Trinajstić information content (AvgIpc) is 2.54. The van der Waals surface area contributed by atoms with Gasteiger partial charge in [-0.05, 0) is 6.20 Å². The van der Waals surface area contributed by atoms with E-state index in [2.05, 4.69) is 21.5 Å². The van der Waals surface area contributed by atoms with Gasteiger partial charge in [-0.15, -0.1) is 17.7 Å². The van der Waals surface area contributed by atoms with Crippen LogP contribution in [-0.2, 0) is 27.2 Å². The van der Waals surface area contributed by atoms with Crippen LogP contribution in [0.2, 0.25) is 0 Å². The SMILES string of the molecule is Cn1cc(-c2[c-]nccc2)nn1.[Ir]. The summed E-state index contributed by atoms with van der Waals surface area (Å²) < 4.78 is 1.65. The van der Waals surface area contributed by atoms with Crippen molar-refractivity contribution in [2.45, 2.75) is 0 Å². The van der Waals surface area contributed by atoms with Gasteiger partial charge in [-0.3, -0.25) is 4.68 Å². The molecular formula is C8H7IrN4-. The van der Waals surface area contributed by atoms with Crippen LogP contribution in [0.25, 0.3) is 11.3 Å². The molecule has 0 saturated carbocycles. The van der Waals surface area contributed by atoms with Crippen LogP contribution in [0.1, 0.15) is 0 Å². The van der Waals surface area contributed by atoms with E-state index in [-0.39, 0.29) is 20.1 Å². The zero-order valence-electron chi connectivity index (χ0n) is 6.93. The van der Waals surface area contributed by atoms with E-state index in [0.717, 1.165) is 11.3 Å². The number of nitrogens with zero attached hydrogens (tertiary/aromatic N) is 4. The Bertz CT molecular complexity index is 371. The Morgan fingerprint density at radius 3 is 2.85 bits per heavy atom. The van der Waals surface area contributed by atoms with Crippen LogP contribution in [-0.4, -0.2) is 20.0 Å². The first-order chi connectivity index (χ1) is 5.86. The molecule has 1 radical (unpaired) electrons. The molecule has 0 fully saturated rings. The van der Waals surface area contributed by atoms with Gasteiger partial charge in [-0.2, -0.15) is 5.10 Å². The molecule has 0 aliphatic rings. The van der Waals surface area contributed by atoms with Crippen LogP contribution in [0.15, 0.2) is 24.5 Å². The first kappa shape index (κ1) is 10.0. The molecule has 0 aliphatic heterocycles. The molecule has 0 aliphatic carbocycles. The molecule has 0 N–H and O–H groups in total. The third-order valence-corrected chi connectivity index (χ3v) is 1.49. The summed E-state index contributed by atoms with van der Waals surface area (Å²) in [6.45, 7) is 0. The maximum Gasteiger partial charge on any atom is 0.0315 e. The van der Waals surface area contributed by atoms with Crippen molar-refractivity contribution in [3.8, 4) is 11.3 Å². The summed E-state index contributed by atoms with van der Waals surface area (Å²) in [6.07, 6.45) is 6.34. The first-order valence-electron chi connectivity index (χ1n) is 3.55. The molecule has 0 bridgehead atoms. The van der Waals surface area contributed by atoms with E-state index in [9.17, 15) is 0 Å². The molecule has 5 heteroatoms. The Morgan fingerprint density at radius 1 is 1.46 bits per heavy atom. The van der Waals surface area contributed by atoms with E-state index >= 15 is 0 Å². The normalized spacial score (nSPS) is 9.31. The molecule has 2 heterocycles. The standard InChI is InChI=1S/C8H7N4.Ir/c1-12-6-8(10-11-12)7-3-2-4-9-5-7;/h2-4,6H,1H3;/q-1;. The summed E-state index contributed by atoms with van der Waals surface area (Å²) in [4.78, 5) is 3.87. The Morgan fingerprint density at radius 2 is 2.31 bits per heavy atom. The molecule has 4 nitrogen and oxygen atoms in total. The second kappa shape index (κ2) is 4.25. The minimum absolute atomic E-state index is 0. The van der Waals surface area contributed by atoms with Crippen LogP contribution in [0.5, 0.6) is 0 Å². The number of aromatic nitrogens is 4. The average molecular weight is 351 g/mol. The van der Waals surface area contributed by atoms with Crippen molar-refractivity contribution >= 4 is 0 Å². The smallest absolute Gasteiger partial charge is 0.0315 e. The third kappa shape index (κ3) is 2.20. The number of hydrogen-bond donors (Lipinski definition) is 0. The largest absolute Gasteiger partial charge is 0.360 e. The molecule has 0 spiro atoms. The number of aryl methyl sites for hydroxylation is 1. The van der Waals surface area contributed by atoms with Crippen molar-refractivity contribution in [3.05, 3.63) is 30.7 Å². The van der Waals surface area contributed by atoms with Crippen LogP contribution < -0.4 is 0 Å². The van der Waals surface area contributed by atoms with E-state index < -0.39 is 0 Å². The van der Waals surface area contributed by atoms with Crippen LogP contribution in [0, 0.1) is 6.20 Å². The second-order valence-electron chi connectivity index (χ2n) is 2.44. The van der Waals surface area contributed by atoms with Gasteiger partial charge in [0.2, 0.25) is 0 Å². The fourth-order valence-corrected chi connectivity index (χ4v) is 0.940. The van der Waals surface area contributed by atoms with Gasteiger partial charge in [0.15, 0.2) is 0 Å². The summed E-state index contributed by atoms with van der Waals surface area (Å²) in [5, 5.41) is 7.74. The fraction of sp³-hybridized carbons (Fsp3) is 0.125. The predicted molar refractivity (Wildman–Crippen MR) is 43.1 cm³/mol. The third-order valence-electron chi connectivity index (χ3n) is 1.49. The molecule has 0 saturated heterocycles. The topological polar surface area (TPSA) is 43.6 Å². The van der Waals surface area contributed by atoms with E-state index in [1.165, 1.54) is 0 Å². The van der Waals surface area contributed by atoms with Gasteiger partial charge in [0.25, 0.3) is 0 Å². The molecular weight excluding hydrogens is 344 g/mol. The molecule has 0 amide bonds. The van der Waals surface area contributed by atoms with Gasteiger partial charge in [0, 0.05) is 39.0 Å². The van der Waals surface area contributed by atoms with Crippen molar-refractivity contribution in [3.63, 3.8) is 0 Å². The zero-order valence-corrected chi connectivity index (χ0v) is 9.33. The van der Waals surface area contributed by atoms with E-state index in [4.69, 9.17) is 0 Å². The quantitative estimate of drug-likeness (QED) is 0.710. The Balaban J connectivity index is 0.000000845. The summed E-state index contributed by atoms with van der Waals surface area (Å²) in [7, 11) is 1.83. The number of rotatable bonds is 1. The maximum absolute atomic E-state index is 3.93. The van der Waals surface area contributed by atoms with Gasteiger partial charge in [0.1, 0.15) is 0 Å². The van der Waals surface area contributed by atoms with Gasteiger partial charge in [-0.25, -0.2) is 0 Å². The molecule has 0 atom stereocenters. The molecule has 69 valence electrons. The molecule has 2 rings (SSSR count). The summed E-state index contributed by atoms with van der Waals surface area (Å²) in [5.74, 6) is 0. The first-order valence-corrected chi connectivity index (χ1v) is 3.55. The van der Waals surface area contributed by atoms with Crippen LogP contribution in [0.4, 0.5) is 0 Å². The van der Waals surface area contributed by atoms with Crippen molar-refractivity contribution in [2.24, 2.45) is 7.05 Å². The second-order valence-corrected chi connectivity index (χ2v) is 2.44. The Kier molecular flexibility index (Phi) is 3.28. The van der Waals surface area contributed by atoms with Crippen molar-refractivity contribution in [1.29, 1.82) is 0 Å². The Labute approximate surface area is 89.3 Å². The van der Waals surface area contributed by atoms with Gasteiger partial charge >= 0.3 is 0 Å². The van der Waals surface area contributed by atoms with Crippen molar-refractivity contribution in [2.75, 3.05) is 0 Å².